The molecule has 0 amide bonds. The molecular formula is C50H32N2O. The molecule has 11 aromatic rings. The number of hydrogen-bond donors (Lipinski definition) is 0. The lowest BCUT2D eigenvalue weighted by atomic mass is 10.0. The molecule has 2 aromatic heterocycles. The summed E-state index contributed by atoms with van der Waals surface area (Å²) in [4.78, 5) is 2.35. The molecule has 3 nitrogen and oxygen atoms in total. The number of nitrogens with zero attached hydrogens (tertiary/aromatic N) is 2. The van der Waals surface area contributed by atoms with Crippen LogP contribution in [0.4, 0.5) is 17.1 Å². The molecule has 0 fully saturated rings. The monoisotopic (exact) mass is 676 g/mol. The summed E-state index contributed by atoms with van der Waals surface area (Å²) in [5, 5.41) is 9.66. The Morgan fingerprint density at radius 2 is 0.981 bits per heavy atom. The molecule has 0 aliphatic carbocycles. The topological polar surface area (TPSA) is 21.3 Å². The van der Waals surface area contributed by atoms with E-state index in [9.17, 15) is 0 Å². The van der Waals surface area contributed by atoms with Gasteiger partial charge in [-0.15, -0.1) is 0 Å². The van der Waals surface area contributed by atoms with Crippen LogP contribution in [-0.2, 0) is 0 Å². The zero-order valence-electron chi connectivity index (χ0n) is 28.8. The molecule has 0 saturated heterocycles. The molecular weight excluding hydrogens is 645 g/mol. The van der Waals surface area contributed by atoms with Crippen LogP contribution in [0.2, 0.25) is 0 Å². The predicted molar refractivity (Wildman–Crippen MR) is 223 cm³/mol. The van der Waals surface area contributed by atoms with E-state index >= 15 is 0 Å². The highest BCUT2D eigenvalue weighted by Crippen LogP contribution is 2.42. The van der Waals surface area contributed by atoms with E-state index in [1.807, 2.05) is 12.1 Å². The lowest BCUT2D eigenvalue weighted by molar-refractivity contribution is 0.669. The van der Waals surface area contributed by atoms with Crippen molar-refractivity contribution in [2.75, 3.05) is 4.90 Å². The quantitative estimate of drug-likeness (QED) is 0.181. The van der Waals surface area contributed by atoms with Gasteiger partial charge in [0.15, 0.2) is 0 Å². The minimum absolute atomic E-state index is 0.889. The van der Waals surface area contributed by atoms with Crippen molar-refractivity contribution in [2.24, 2.45) is 0 Å². The molecule has 3 heteroatoms. The number of rotatable bonds is 5. The maximum atomic E-state index is 6.21. The van der Waals surface area contributed by atoms with Crippen LogP contribution >= 0.6 is 0 Å². The van der Waals surface area contributed by atoms with E-state index in [1.54, 1.807) is 0 Å². The second kappa shape index (κ2) is 11.7. The Labute approximate surface area is 306 Å². The summed E-state index contributed by atoms with van der Waals surface area (Å²) in [6, 6.07) is 69.9. The van der Waals surface area contributed by atoms with Gasteiger partial charge in [0.1, 0.15) is 11.2 Å². The first-order valence-electron chi connectivity index (χ1n) is 18.1. The van der Waals surface area contributed by atoms with Gasteiger partial charge in [0.25, 0.3) is 0 Å². The predicted octanol–water partition coefficient (Wildman–Crippen LogP) is 14.1. The van der Waals surface area contributed by atoms with E-state index in [1.165, 1.54) is 54.5 Å². The van der Waals surface area contributed by atoms with Gasteiger partial charge < -0.3 is 13.9 Å². The normalized spacial score (nSPS) is 11.8. The van der Waals surface area contributed by atoms with Crippen molar-refractivity contribution in [2.45, 2.75) is 0 Å². The lowest BCUT2D eigenvalue weighted by Crippen LogP contribution is -2.09. The van der Waals surface area contributed by atoms with E-state index in [0.29, 0.717) is 0 Å². The smallest absolute Gasteiger partial charge is 0.135 e. The molecule has 0 aliphatic rings. The largest absolute Gasteiger partial charge is 0.456 e. The van der Waals surface area contributed by atoms with Gasteiger partial charge in [0.05, 0.1) is 11.0 Å². The third-order valence-corrected chi connectivity index (χ3v) is 10.7. The highest BCUT2D eigenvalue weighted by atomic mass is 16.3. The third-order valence-electron chi connectivity index (χ3n) is 10.7. The van der Waals surface area contributed by atoms with E-state index in [4.69, 9.17) is 4.42 Å². The molecule has 0 spiro atoms. The Kier molecular flexibility index (Phi) is 6.55. The number of aromatic nitrogens is 1. The average molecular weight is 677 g/mol. The van der Waals surface area contributed by atoms with Crippen LogP contribution in [0.1, 0.15) is 0 Å². The Morgan fingerprint density at radius 3 is 1.85 bits per heavy atom. The van der Waals surface area contributed by atoms with Crippen molar-refractivity contribution in [1.82, 2.24) is 4.57 Å². The highest BCUT2D eigenvalue weighted by molar-refractivity contribution is 6.19. The molecule has 0 radical (unpaired) electrons. The SMILES string of the molecule is c1ccc(-n2c3cc(-c4ccc(N(c5ccc6ccccc6c5)c5ccc6oc7ccccc7c6c5)cc4)ccc3c3ccc4ccccc4c32)cc1. The zero-order chi connectivity index (χ0) is 34.9. The molecule has 0 N–H and O–H groups in total. The summed E-state index contributed by atoms with van der Waals surface area (Å²) in [6.07, 6.45) is 0. The first-order valence-corrected chi connectivity index (χ1v) is 18.1. The van der Waals surface area contributed by atoms with Crippen LogP contribution in [0.3, 0.4) is 0 Å². The van der Waals surface area contributed by atoms with E-state index in [-0.39, 0.29) is 0 Å². The second-order valence-corrected chi connectivity index (χ2v) is 13.8. The number of anilines is 3. The molecule has 0 unspecified atom stereocenters. The fraction of sp³-hybridized carbons (Fsp3) is 0. The fourth-order valence-electron chi connectivity index (χ4n) is 8.22. The maximum absolute atomic E-state index is 6.21. The summed E-state index contributed by atoms with van der Waals surface area (Å²) in [5.41, 5.74) is 11.0. The van der Waals surface area contributed by atoms with Crippen molar-refractivity contribution in [3.05, 3.63) is 194 Å². The summed E-state index contributed by atoms with van der Waals surface area (Å²) in [6.45, 7) is 0. The molecule has 0 bridgehead atoms. The van der Waals surface area contributed by atoms with Gasteiger partial charge in [0.2, 0.25) is 0 Å². The van der Waals surface area contributed by atoms with Crippen LogP contribution in [0, 0.1) is 0 Å². The van der Waals surface area contributed by atoms with Crippen LogP contribution in [0.15, 0.2) is 199 Å². The van der Waals surface area contributed by atoms with Crippen molar-refractivity contribution in [1.29, 1.82) is 0 Å². The van der Waals surface area contributed by atoms with Gasteiger partial charge >= 0.3 is 0 Å². The van der Waals surface area contributed by atoms with Crippen molar-refractivity contribution in [3.63, 3.8) is 0 Å². The van der Waals surface area contributed by atoms with Gasteiger partial charge in [-0.05, 0) is 94.0 Å². The van der Waals surface area contributed by atoms with Gasteiger partial charge in [-0.3, -0.25) is 0 Å². The Balaban J connectivity index is 1.07. The minimum Gasteiger partial charge on any atom is -0.456 e. The van der Waals surface area contributed by atoms with Crippen molar-refractivity contribution < 1.29 is 4.42 Å². The molecule has 0 atom stereocenters. The molecule has 0 saturated carbocycles. The van der Waals surface area contributed by atoms with Crippen LogP contribution in [0.25, 0.3) is 82.1 Å². The Morgan fingerprint density at radius 1 is 0.358 bits per heavy atom. The van der Waals surface area contributed by atoms with Gasteiger partial charge in [-0.25, -0.2) is 0 Å². The number of fused-ring (bicyclic) bond motifs is 9. The Hall–Kier alpha value is -7.10. The first-order chi connectivity index (χ1) is 26.3. The van der Waals surface area contributed by atoms with Crippen molar-refractivity contribution >= 4 is 82.4 Å². The van der Waals surface area contributed by atoms with Crippen LogP contribution < -0.4 is 4.90 Å². The van der Waals surface area contributed by atoms with Gasteiger partial charge in [-0.1, -0.05) is 127 Å². The first kappa shape index (κ1) is 29.6. The molecule has 9 aromatic carbocycles. The zero-order valence-corrected chi connectivity index (χ0v) is 28.8. The van der Waals surface area contributed by atoms with E-state index in [2.05, 4.69) is 191 Å². The molecule has 0 aliphatic heterocycles. The summed E-state index contributed by atoms with van der Waals surface area (Å²) >= 11 is 0. The maximum Gasteiger partial charge on any atom is 0.135 e. The third kappa shape index (κ3) is 4.75. The van der Waals surface area contributed by atoms with E-state index in [0.717, 1.165) is 44.7 Å². The van der Waals surface area contributed by atoms with Crippen molar-refractivity contribution in [3.8, 4) is 16.8 Å². The number of hydrogen-bond acceptors (Lipinski definition) is 2. The average Bonchev–Trinajstić information content (AvgIpc) is 3.77. The summed E-state index contributed by atoms with van der Waals surface area (Å²) in [7, 11) is 0. The second-order valence-electron chi connectivity index (χ2n) is 13.8. The molecule has 53 heavy (non-hydrogen) atoms. The van der Waals surface area contributed by atoms with E-state index < -0.39 is 0 Å². The van der Waals surface area contributed by atoms with Crippen LogP contribution in [0.5, 0.6) is 0 Å². The Bertz CT molecular complexity index is 3170. The van der Waals surface area contributed by atoms with Gasteiger partial charge in [-0.2, -0.15) is 0 Å². The fourth-order valence-corrected chi connectivity index (χ4v) is 8.22. The lowest BCUT2D eigenvalue weighted by Gasteiger charge is -2.26. The highest BCUT2D eigenvalue weighted by Gasteiger charge is 2.18. The molecule has 11 rings (SSSR count). The molecule has 248 valence electrons. The summed E-state index contributed by atoms with van der Waals surface area (Å²) in [5.74, 6) is 0. The summed E-state index contributed by atoms with van der Waals surface area (Å²) < 4.78 is 8.64. The number of para-hydroxylation sites is 2. The molecule has 2 heterocycles. The standard InChI is InChI=1S/C50H32N2O/c1-2-13-38(14-3-1)52-47-31-37(22-27-43(47)45-28-21-35-11-6-7-15-42(35)50(45)52)34-18-23-39(24-19-34)51(40-25-20-33-10-4-5-12-36(33)30-40)41-26-29-49-46(32-41)44-16-8-9-17-48(44)53-49/h1-32H. The van der Waals surface area contributed by atoms with Gasteiger partial charge in [0, 0.05) is 49.7 Å². The number of benzene rings is 9. The number of furan rings is 1. The van der Waals surface area contributed by atoms with Crippen LogP contribution in [-0.4, -0.2) is 4.57 Å². The minimum atomic E-state index is 0.889.